The Hall–Kier alpha value is -3.71. The highest BCUT2D eigenvalue weighted by Gasteiger charge is 2.30. The van der Waals surface area contributed by atoms with Crippen LogP contribution in [0.15, 0.2) is 66.7 Å². The minimum absolute atomic E-state index is 0.00638. The summed E-state index contributed by atoms with van der Waals surface area (Å²) in [5.74, 6) is 3.13. The van der Waals surface area contributed by atoms with E-state index in [9.17, 15) is 4.79 Å². The maximum absolute atomic E-state index is 13.7. The summed E-state index contributed by atoms with van der Waals surface area (Å²) < 4.78 is 22.0. The van der Waals surface area contributed by atoms with Gasteiger partial charge >= 0.3 is 0 Å². The van der Waals surface area contributed by atoms with Crippen molar-refractivity contribution in [3.8, 4) is 23.0 Å². The molecule has 1 amide bonds. The highest BCUT2D eigenvalue weighted by molar-refractivity contribution is 6.06. The van der Waals surface area contributed by atoms with E-state index in [0.29, 0.717) is 18.8 Å². The van der Waals surface area contributed by atoms with Crippen LogP contribution in [0.2, 0.25) is 0 Å². The van der Waals surface area contributed by atoms with Gasteiger partial charge in [0.2, 0.25) is 0 Å². The van der Waals surface area contributed by atoms with E-state index in [1.54, 1.807) is 14.2 Å². The van der Waals surface area contributed by atoms with Crippen LogP contribution >= 0.6 is 0 Å². The molecule has 7 heteroatoms. The van der Waals surface area contributed by atoms with Crippen LogP contribution in [0.4, 0.5) is 5.69 Å². The van der Waals surface area contributed by atoms with Crippen molar-refractivity contribution in [1.29, 1.82) is 0 Å². The smallest absolute Gasteiger partial charge is 0.258 e. The van der Waals surface area contributed by atoms with Crippen molar-refractivity contribution < 1.29 is 23.7 Å². The van der Waals surface area contributed by atoms with E-state index in [2.05, 4.69) is 17.0 Å². The van der Waals surface area contributed by atoms with E-state index < -0.39 is 0 Å². The molecule has 0 atom stereocenters. The number of piperidine rings is 1. The van der Waals surface area contributed by atoms with Gasteiger partial charge in [-0.1, -0.05) is 6.07 Å². The van der Waals surface area contributed by atoms with Gasteiger partial charge in [0, 0.05) is 36.9 Å². The van der Waals surface area contributed by atoms with Crippen LogP contribution < -0.4 is 23.8 Å². The summed E-state index contributed by atoms with van der Waals surface area (Å²) in [6, 6.07) is 21.3. The zero-order valence-corrected chi connectivity index (χ0v) is 20.8. The molecule has 1 fully saturated rings. The zero-order chi connectivity index (χ0) is 24.9. The SMILES string of the molecule is COc1ccc(C(=O)N(c2ccc(OC)cc2)C2CCN(Cc3ccc4c(c3)OCCO4)CC2)cc1. The summed E-state index contributed by atoms with van der Waals surface area (Å²) in [5.41, 5.74) is 2.73. The second kappa shape index (κ2) is 10.9. The lowest BCUT2D eigenvalue weighted by atomic mass is 10.00. The fourth-order valence-corrected chi connectivity index (χ4v) is 4.89. The van der Waals surface area contributed by atoms with E-state index in [0.717, 1.165) is 61.2 Å². The normalized spacial score (nSPS) is 15.8. The molecule has 0 spiro atoms. The number of methoxy groups -OCH3 is 2. The number of rotatable bonds is 7. The molecule has 0 aliphatic carbocycles. The molecule has 0 N–H and O–H groups in total. The van der Waals surface area contributed by atoms with Crippen molar-refractivity contribution in [1.82, 2.24) is 4.90 Å². The van der Waals surface area contributed by atoms with Gasteiger partial charge in [-0.15, -0.1) is 0 Å². The number of fused-ring (bicyclic) bond motifs is 1. The molecule has 188 valence electrons. The molecular weight excluding hydrogens is 456 g/mol. The molecule has 0 aromatic heterocycles. The molecule has 0 bridgehead atoms. The van der Waals surface area contributed by atoms with Crippen LogP contribution in [0.25, 0.3) is 0 Å². The highest BCUT2D eigenvalue weighted by Crippen LogP contribution is 2.32. The van der Waals surface area contributed by atoms with Gasteiger partial charge in [-0.3, -0.25) is 9.69 Å². The van der Waals surface area contributed by atoms with Crippen LogP contribution in [0, 0.1) is 0 Å². The lowest BCUT2D eigenvalue weighted by Crippen LogP contribution is -2.47. The number of nitrogens with zero attached hydrogens (tertiary/aromatic N) is 2. The molecule has 1 saturated heterocycles. The molecule has 36 heavy (non-hydrogen) atoms. The number of likely N-dealkylation sites (tertiary alicyclic amines) is 1. The van der Waals surface area contributed by atoms with Crippen molar-refractivity contribution in [2.75, 3.05) is 45.4 Å². The van der Waals surface area contributed by atoms with Crippen LogP contribution in [-0.2, 0) is 6.54 Å². The topological polar surface area (TPSA) is 60.5 Å². The van der Waals surface area contributed by atoms with Crippen LogP contribution in [-0.4, -0.2) is 57.4 Å². The maximum atomic E-state index is 13.7. The maximum Gasteiger partial charge on any atom is 0.258 e. The average molecular weight is 489 g/mol. The van der Waals surface area contributed by atoms with Gasteiger partial charge in [0.15, 0.2) is 11.5 Å². The van der Waals surface area contributed by atoms with Gasteiger partial charge in [0.1, 0.15) is 24.7 Å². The third-order valence-electron chi connectivity index (χ3n) is 6.84. The molecule has 2 heterocycles. The first-order valence-corrected chi connectivity index (χ1v) is 12.4. The standard InChI is InChI=1S/C29H32N2O5/c1-33-25-8-4-22(5-9-25)29(32)31(23-6-10-26(34-2)11-7-23)24-13-15-30(16-14-24)20-21-3-12-27-28(19-21)36-18-17-35-27/h3-12,19,24H,13-18,20H2,1-2H3. The Morgan fingerprint density at radius 1 is 0.861 bits per heavy atom. The summed E-state index contributed by atoms with van der Waals surface area (Å²) in [4.78, 5) is 18.1. The number of anilines is 1. The van der Waals surface area contributed by atoms with Crippen LogP contribution in [0.1, 0.15) is 28.8 Å². The van der Waals surface area contributed by atoms with Gasteiger partial charge in [-0.25, -0.2) is 0 Å². The number of hydrogen-bond acceptors (Lipinski definition) is 6. The van der Waals surface area contributed by atoms with Gasteiger partial charge in [-0.2, -0.15) is 0 Å². The van der Waals surface area contributed by atoms with Gasteiger partial charge < -0.3 is 23.8 Å². The number of carbonyl (C=O) groups is 1. The molecule has 7 nitrogen and oxygen atoms in total. The summed E-state index contributed by atoms with van der Waals surface area (Å²) in [5, 5.41) is 0. The number of ether oxygens (including phenoxy) is 4. The third-order valence-corrected chi connectivity index (χ3v) is 6.84. The molecule has 5 rings (SSSR count). The Morgan fingerprint density at radius 3 is 2.11 bits per heavy atom. The fourth-order valence-electron chi connectivity index (χ4n) is 4.89. The van der Waals surface area contributed by atoms with Crippen LogP contribution in [0.5, 0.6) is 23.0 Å². The van der Waals surface area contributed by atoms with Gasteiger partial charge in [0.25, 0.3) is 5.91 Å². The quantitative estimate of drug-likeness (QED) is 0.477. The van der Waals surface area contributed by atoms with Crippen molar-refractivity contribution in [2.45, 2.75) is 25.4 Å². The summed E-state index contributed by atoms with van der Waals surface area (Å²) >= 11 is 0. The second-order valence-corrected chi connectivity index (χ2v) is 9.09. The highest BCUT2D eigenvalue weighted by atomic mass is 16.6. The van der Waals surface area contributed by atoms with E-state index in [-0.39, 0.29) is 11.9 Å². The fraction of sp³-hybridized carbons (Fsp3) is 0.345. The minimum Gasteiger partial charge on any atom is -0.497 e. The summed E-state index contributed by atoms with van der Waals surface area (Å²) in [6.45, 7) is 3.84. The first kappa shape index (κ1) is 24.0. The average Bonchev–Trinajstić information content (AvgIpc) is 2.94. The molecule has 0 radical (unpaired) electrons. The van der Waals surface area contributed by atoms with E-state index in [1.165, 1.54) is 5.56 Å². The first-order valence-electron chi connectivity index (χ1n) is 12.4. The van der Waals surface area contributed by atoms with E-state index in [1.807, 2.05) is 59.5 Å². The van der Waals surface area contributed by atoms with Crippen LogP contribution in [0.3, 0.4) is 0 Å². The summed E-state index contributed by atoms with van der Waals surface area (Å²) in [7, 11) is 3.27. The Kier molecular flexibility index (Phi) is 7.28. The number of hydrogen-bond donors (Lipinski definition) is 0. The largest absolute Gasteiger partial charge is 0.497 e. The lowest BCUT2D eigenvalue weighted by molar-refractivity contribution is 0.0958. The van der Waals surface area contributed by atoms with Gasteiger partial charge in [-0.05, 0) is 79.1 Å². The van der Waals surface area contributed by atoms with Crippen molar-refractivity contribution in [3.63, 3.8) is 0 Å². The van der Waals surface area contributed by atoms with Crippen molar-refractivity contribution in [2.24, 2.45) is 0 Å². The Bertz CT molecular complexity index is 1170. The first-order chi connectivity index (χ1) is 17.6. The number of amides is 1. The zero-order valence-electron chi connectivity index (χ0n) is 20.8. The third kappa shape index (κ3) is 5.26. The molecule has 3 aromatic rings. The van der Waals surface area contributed by atoms with E-state index in [4.69, 9.17) is 18.9 Å². The lowest BCUT2D eigenvalue weighted by Gasteiger charge is -2.39. The molecule has 3 aromatic carbocycles. The van der Waals surface area contributed by atoms with Crippen molar-refractivity contribution >= 4 is 11.6 Å². The molecular formula is C29H32N2O5. The number of carbonyl (C=O) groups excluding carboxylic acids is 1. The van der Waals surface area contributed by atoms with Crippen molar-refractivity contribution in [3.05, 3.63) is 77.9 Å². The van der Waals surface area contributed by atoms with E-state index >= 15 is 0 Å². The Morgan fingerprint density at radius 2 is 1.47 bits per heavy atom. The van der Waals surface area contributed by atoms with Gasteiger partial charge in [0.05, 0.1) is 14.2 Å². The Balaban J connectivity index is 1.30. The molecule has 2 aliphatic heterocycles. The second-order valence-electron chi connectivity index (χ2n) is 9.09. The monoisotopic (exact) mass is 488 g/mol. The predicted octanol–water partition coefficient (Wildman–Crippen LogP) is 4.79. The Labute approximate surface area is 212 Å². The molecule has 0 unspecified atom stereocenters. The predicted molar refractivity (Wildman–Crippen MR) is 139 cm³/mol. The molecule has 2 aliphatic rings. The summed E-state index contributed by atoms with van der Waals surface area (Å²) in [6.07, 6.45) is 1.77. The number of benzene rings is 3. The minimum atomic E-state index is -0.00638. The molecule has 0 saturated carbocycles.